The molecule has 1 fully saturated rings. The zero-order chi connectivity index (χ0) is 20.7. The molecule has 0 atom stereocenters. The van der Waals surface area contributed by atoms with E-state index in [0.29, 0.717) is 18.5 Å². The maximum atomic E-state index is 12.8. The van der Waals surface area contributed by atoms with Crippen LogP contribution in [-0.2, 0) is 6.54 Å². The van der Waals surface area contributed by atoms with Gasteiger partial charge in [-0.3, -0.25) is 29.5 Å². The molecule has 0 unspecified atom stereocenters. The number of carbonyl (C=O) groups is 2. The van der Waals surface area contributed by atoms with Gasteiger partial charge in [-0.2, -0.15) is 0 Å². The number of nitro benzene ring substituents is 1. The number of fused-ring (bicyclic) bond motifs is 1. The fourth-order valence-corrected chi connectivity index (χ4v) is 3.68. The lowest BCUT2D eigenvalue weighted by atomic mass is 10.0. The van der Waals surface area contributed by atoms with Gasteiger partial charge >= 0.3 is 0 Å². The fourth-order valence-electron chi connectivity index (χ4n) is 3.68. The summed E-state index contributed by atoms with van der Waals surface area (Å²) in [5.74, 6) is -0.388. The van der Waals surface area contributed by atoms with Crippen molar-refractivity contribution in [1.82, 2.24) is 9.80 Å². The lowest BCUT2D eigenvalue weighted by molar-refractivity contribution is -0.384. The molecule has 4 rings (SSSR count). The first-order chi connectivity index (χ1) is 13.8. The summed E-state index contributed by atoms with van der Waals surface area (Å²) < 4.78 is 0. The third kappa shape index (κ3) is 3.78. The van der Waals surface area contributed by atoms with Crippen LogP contribution in [0.4, 0.5) is 5.69 Å². The van der Waals surface area contributed by atoms with Gasteiger partial charge in [0.1, 0.15) is 0 Å². The van der Waals surface area contributed by atoms with Gasteiger partial charge in [-0.25, -0.2) is 0 Å². The number of non-ortho nitro benzene ring substituents is 1. The van der Waals surface area contributed by atoms with Crippen molar-refractivity contribution in [3.05, 3.63) is 74.8 Å². The first kappa shape index (κ1) is 19.3. The Kier molecular flexibility index (Phi) is 4.92. The third-order valence-corrected chi connectivity index (χ3v) is 5.58. The molecule has 2 amide bonds. The predicted molar refractivity (Wildman–Crippen MR) is 108 cm³/mol. The van der Waals surface area contributed by atoms with E-state index >= 15 is 0 Å². The van der Waals surface area contributed by atoms with E-state index < -0.39 is 10.8 Å². The minimum Gasteiger partial charge on any atom is -0.278 e. The molecule has 2 aromatic rings. The van der Waals surface area contributed by atoms with Crippen molar-refractivity contribution in [1.29, 1.82) is 0 Å². The summed E-state index contributed by atoms with van der Waals surface area (Å²) >= 11 is 0. The first-order valence-corrected chi connectivity index (χ1v) is 9.82. The average Bonchev–Trinajstić information content (AvgIpc) is 3.52. The van der Waals surface area contributed by atoms with E-state index in [9.17, 15) is 19.7 Å². The number of benzene rings is 2. The number of hydrogen-bond donors (Lipinski definition) is 0. The summed E-state index contributed by atoms with van der Waals surface area (Å²) in [4.78, 5) is 39.3. The topological polar surface area (TPSA) is 83.8 Å². The van der Waals surface area contributed by atoms with E-state index in [1.165, 1.54) is 28.7 Å². The second-order valence-corrected chi connectivity index (χ2v) is 8.04. The molecule has 1 saturated carbocycles. The minimum atomic E-state index is -0.558. The van der Waals surface area contributed by atoms with Crippen molar-refractivity contribution in [2.24, 2.45) is 0 Å². The number of nitrogens with zero attached hydrogens (tertiary/aromatic N) is 3. The first-order valence-electron chi connectivity index (χ1n) is 9.82. The SMILES string of the molecule is CC(C)c1ccc(CN(CN2C(=O)c3ccc([N+](=O)[O-])cc3C2=O)C2CC2)cc1. The molecular weight excluding hydrogens is 370 g/mol. The molecule has 29 heavy (non-hydrogen) atoms. The Morgan fingerprint density at radius 1 is 1.07 bits per heavy atom. The molecule has 0 saturated heterocycles. The molecule has 0 N–H and O–H groups in total. The van der Waals surface area contributed by atoms with Crippen LogP contribution in [-0.4, -0.2) is 39.2 Å². The van der Waals surface area contributed by atoms with E-state index in [2.05, 4.69) is 43.0 Å². The van der Waals surface area contributed by atoms with E-state index in [1.807, 2.05) is 0 Å². The zero-order valence-corrected chi connectivity index (χ0v) is 16.5. The van der Waals surface area contributed by atoms with Crippen LogP contribution in [0.3, 0.4) is 0 Å². The van der Waals surface area contributed by atoms with Crippen LogP contribution >= 0.6 is 0 Å². The highest BCUT2D eigenvalue weighted by molar-refractivity contribution is 6.21. The van der Waals surface area contributed by atoms with Crippen molar-refractivity contribution in [2.75, 3.05) is 6.67 Å². The Labute approximate surface area is 169 Å². The van der Waals surface area contributed by atoms with Crippen LogP contribution in [0.2, 0.25) is 0 Å². The van der Waals surface area contributed by atoms with Crippen LogP contribution in [0, 0.1) is 10.1 Å². The summed E-state index contributed by atoms with van der Waals surface area (Å²) in [6.45, 7) is 5.14. The standard InChI is InChI=1S/C22H23N3O4/c1-14(2)16-5-3-15(4-6-16)12-23(17-7-8-17)13-24-21(26)19-10-9-18(25(28)29)11-20(19)22(24)27/h3-6,9-11,14,17H,7-8,12-13H2,1-2H3. The van der Waals surface area contributed by atoms with Crippen LogP contribution in [0.1, 0.15) is 64.4 Å². The molecule has 7 heteroatoms. The van der Waals surface area contributed by atoms with Crippen LogP contribution in [0.25, 0.3) is 0 Å². The van der Waals surface area contributed by atoms with Crippen molar-refractivity contribution >= 4 is 17.5 Å². The van der Waals surface area contributed by atoms with E-state index in [-0.39, 0.29) is 29.4 Å². The molecule has 1 aliphatic heterocycles. The Hall–Kier alpha value is -3.06. The lowest BCUT2D eigenvalue weighted by Gasteiger charge is -2.27. The Balaban J connectivity index is 1.52. The lowest BCUT2D eigenvalue weighted by Crippen LogP contribution is -2.42. The Morgan fingerprint density at radius 3 is 2.31 bits per heavy atom. The molecular formula is C22H23N3O4. The molecule has 0 aromatic heterocycles. The Bertz CT molecular complexity index is 980. The summed E-state index contributed by atoms with van der Waals surface area (Å²) in [7, 11) is 0. The molecule has 0 spiro atoms. The van der Waals surface area contributed by atoms with Gasteiger partial charge in [-0.15, -0.1) is 0 Å². The maximum Gasteiger partial charge on any atom is 0.270 e. The summed E-state index contributed by atoms with van der Waals surface area (Å²) in [5.41, 5.74) is 2.57. The highest BCUT2D eigenvalue weighted by atomic mass is 16.6. The molecule has 0 bridgehead atoms. The average molecular weight is 393 g/mol. The molecule has 1 aliphatic carbocycles. The van der Waals surface area contributed by atoms with Crippen molar-refractivity contribution in [2.45, 2.75) is 45.2 Å². The summed E-state index contributed by atoms with van der Waals surface area (Å²) in [6, 6.07) is 12.6. The smallest absolute Gasteiger partial charge is 0.270 e. The summed E-state index contributed by atoms with van der Waals surface area (Å²) in [5, 5.41) is 11.0. The second kappa shape index (κ2) is 7.40. The number of hydrogen-bond acceptors (Lipinski definition) is 5. The molecule has 2 aromatic carbocycles. The number of amides is 2. The molecule has 0 radical (unpaired) electrons. The van der Waals surface area contributed by atoms with Gasteiger partial charge < -0.3 is 0 Å². The third-order valence-electron chi connectivity index (χ3n) is 5.58. The summed E-state index contributed by atoms with van der Waals surface area (Å²) in [6.07, 6.45) is 2.08. The molecule has 7 nitrogen and oxygen atoms in total. The molecule has 150 valence electrons. The van der Waals surface area contributed by atoms with Crippen molar-refractivity contribution in [3.63, 3.8) is 0 Å². The van der Waals surface area contributed by atoms with E-state index in [4.69, 9.17) is 0 Å². The highest BCUT2D eigenvalue weighted by Crippen LogP contribution is 2.32. The predicted octanol–water partition coefficient (Wildman–Crippen LogP) is 3.94. The number of carbonyl (C=O) groups excluding carboxylic acids is 2. The van der Waals surface area contributed by atoms with E-state index in [0.717, 1.165) is 18.4 Å². The van der Waals surface area contributed by atoms with Gasteiger partial charge in [0.25, 0.3) is 17.5 Å². The van der Waals surface area contributed by atoms with Gasteiger partial charge in [-0.1, -0.05) is 38.1 Å². The van der Waals surface area contributed by atoms with Crippen LogP contribution in [0.15, 0.2) is 42.5 Å². The van der Waals surface area contributed by atoms with Crippen LogP contribution < -0.4 is 0 Å². The fraction of sp³-hybridized carbons (Fsp3) is 0.364. The van der Waals surface area contributed by atoms with E-state index in [1.54, 1.807) is 0 Å². The number of rotatable bonds is 7. The zero-order valence-electron chi connectivity index (χ0n) is 16.5. The van der Waals surface area contributed by atoms with Crippen molar-refractivity contribution in [3.8, 4) is 0 Å². The molecule has 2 aliphatic rings. The highest BCUT2D eigenvalue weighted by Gasteiger charge is 2.40. The number of imide groups is 1. The monoisotopic (exact) mass is 393 g/mol. The number of nitro groups is 1. The minimum absolute atomic E-state index is 0.112. The quantitative estimate of drug-likeness (QED) is 0.404. The van der Waals surface area contributed by atoms with Gasteiger partial charge in [0.05, 0.1) is 22.7 Å². The van der Waals surface area contributed by atoms with Gasteiger partial charge in [-0.05, 0) is 36.0 Å². The maximum absolute atomic E-state index is 12.8. The normalized spacial score (nSPS) is 16.1. The second-order valence-electron chi connectivity index (χ2n) is 8.04. The largest absolute Gasteiger partial charge is 0.278 e. The van der Waals surface area contributed by atoms with Crippen LogP contribution in [0.5, 0.6) is 0 Å². The molecule has 1 heterocycles. The van der Waals surface area contributed by atoms with Crippen molar-refractivity contribution < 1.29 is 14.5 Å². The van der Waals surface area contributed by atoms with Gasteiger partial charge in [0.2, 0.25) is 0 Å². The van der Waals surface area contributed by atoms with Gasteiger partial charge in [0.15, 0.2) is 0 Å². The Morgan fingerprint density at radius 2 is 1.72 bits per heavy atom. The van der Waals surface area contributed by atoms with Gasteiger partial charge in [0, 0.05) is 24.7 Å².